The van der Waals surface area contributed by atoms with Crippen molar-refractivity contribution in [3.63, 3.8) is 0 Å². The molecule has 0 unspecified atom stereocenters. The molecule has 19 heavy (non-hydrogen) atoms. The Kier molecular flexibility index (Phi) is 3.20. The average Bonchev–Trinajstić information content (AvgIpc) is 2.67. The molecule has 1 aromatic heterocycles. The molecule has 2 heterocycles. The zero-order chi connectivity index (χ0) is 13.4. The number of benzene rings is 1. The van der Waals surface area contributed by atoms with Gasteiger partial charge in [-0.3, -0.25) is 4.90 Å². The molecule has 4 nitrogen and oxygen atoms in total. The first-order valence-corrected chi connectivity index (χ1v) is 6.38. The van der Waals surface area contributed by atoms with Gasteiger partial charge in [-0.15, -0.1) is 0 Å². The van der Waals surface area contributed by atoms with Crippen LogP contribution in [0.3, 0.4) is 0 Å². The van der Waals surface area contributed by atoms with Crippen molar-refractivity contribution in [1.29, 1.82) is 0 Å². The lowest BCUT2D eigenvalue weighted by molar-refractivity contribution is 0.226. The van der Waals surface area contributed by atoms with Crippen LogP contribution >= 0.6 is 0 Å². The second kappa shape index (κ2) is 4.86. The van der Waals surface area contributed by atoms with Crippen molar-refractivity contribution in [1.82, 2.24) is 19.8 Å². The van der Waals surface area contributed by atoms with Gasteiger partial charge in [-0.1, -0.05) is 0 Å². The quantitative estimate of drug-likeness (QED) is 0.888. The van der Waals surface area contributed by atoms with E-state index in [1.165, 1.54) is 6.07 Å². The summed E-state index contributed by atoms with van der Waals surface area (Å²) < 4.78 is 28.7. The molecule has 1 saturated heterocycles. The van der Waals surface area contributed by atoms with Crippen molar-refractivity contribution in [2.75, 3.05) is 26.2 Å². The number of halogens is 2. The Morgan fingerprint density at radius 3 is 2.74 bits per heavy atom. The number of aryl methyl sites for hydroxylation is 1. The number of piperazine rings is 1. The highest BCUT2D eigenvalue weighted by Crippen LogP contribution is 2.20. The van der Waals surface area contributed by atoms with E-state index in [1.54, 1.807) is 11.6 Å². The third-order valence-electron chi connectivity index (χ3n) is 3.55. The summed E-state index contributed by atoms with van der Waals surface area (Å²) in [6.07, 6.45) is 0. The van der Waals surface area contributed by atoms with Crippen LogP contribution in [0.5, 0.6) is 0 Å². The molecule has 0 bridgehead atoms. The maximum Gasteiger partial charge on any atom is 0.152 e. The van der Waals surface area contributed by atoms with Gasteiger partial charge >= 0.3 is 0 Å². The molecule has 0 atom stereocenters. The van der Waals surface area contributed by atoms with Crippen molar-refractivity contribution in [2.24, 2.45) is 7.05 Å². The lowest BCUT2D eigenvalue weighted by atomic mass is 10.3. The molecule has 0 radical (unpaired) electrons. The molecule has 0 spiro atoms. The van der Waals surface area contributed by atoms with Crippen LogP contribution in [0, 0.1) is 11.6 Å². The zero-order valence-corrected chi connectivity index (χ0v) is 10.8. The van der Waals surface area contributed by atoms with Crippen LogP contribution in [0.25, 0.3) is 11.0 Å². The molecule has 0 amide bonds. The van der Waals surface area contributed by atoms with Gasteiger partial charge < -0.3 is 9.88 Å². The second-order valence-electron chi connectivity index (χ2n) is 4.87. The Morgan fingerprint density at radius 1 is 1.26 bits per heavy atom. The summed E-state index contributed by atoms with van der Waals surface area (Å²) in [4.78, 5) is 6.60. The van der Waals surface area contributed by atoms with E-state index in [1.807, 2.05) is 0 Å². The fraction of sp³-hybridized carbons (Fsp3) is 0.462. The number of imidazole rings is 1. The fourth-order valence-electron chi connectivity index (χ4n) is 2.52. The first-order valence-electron chi connectivity index (χ1n) is 6.38. The summed E-state index contributed by atoms with van der Waals surface area (Å²) in [6, 6.07) is 2.18. The molecule has 1 fully saturated rings. The molecule has 2 aromatic rings. The molecule has 0 saturated carbocycles. The number of hydrogen-bond donors (Lipinski definition) is 1. The number of rotatable bonds is 2. The highest BCUT2D eigenvalue weighted by atomic mass is 19.1. The van der Waals surface area contributed by atoms with Gasteiger partial charge in [0.25, 0.3) is 0 Å². The number of fused-ring (bicyclic) bond motifs is 1. The molecule has 6 heteroatoms. The molecule has 0 aliphatic carbocycles. The van der Waals surface area contributed by atoms with Gasteiger partial charge in [0.15, 0.2) is 5.82 Å². The average molecular weight is 266 g/mol. The van der Waals surface area contributed by atoms with Crippen LogP contribution in [-0.2, 0) is 13.6 Å². The highest BCUT2D eigenvalue weighted by molar-refractivity contribution is 5.76. The SMILES string of the molecule is Cn1c(CN2CCNCC2)nc2cc(F)cc(F)c21. The van der Waals surface area contributed by atoms with Gasteiger partial charge in [-0.05, 0) is 0 Å². The Balaban J connectivity index is 1.95. The van der Waals surface area contributed by atoms with E-state index < -0.39 is 11.6 Å². The monoisotopic (exact) mass is 266 g/mol. The van der Waals surface area contributed by atoms with Gasteiger partial charge in [0.05, 0.1) is 12.1 Å². The van der Waals surface area contributed by atoms with Gasteiger partial charge in [0.2, 0.25) is 0 Å². The topological polar surface area (TPSA) is 33.1 Å². The Hall–Kier alpha value is -1.53. The van der Waals surface area contributed by atoms with Crippen LogP contribution in [0.1, 0.15) is 5.82 Å². The lowest BCUT2D eigenvalue weighted by Crippen LogP contribution is -2.43. The summed E-state index contributed by atoms with van der Waals surface area (Å²) in [5, 5.41) is 3.28. The largest absolute Gasteiger partial charge is 0.328 e. The maximum absolute atomic E-state index is 13.8. The van der Waals surface area contributed by atoms with E-state index in [0.29, 0.717) is 17.6 Å². The molecule has 1 N–H and O–H groups in total. The molecule has 102 valence electrons. The minimum Gasteiger partial charge on any atom is -0.328 e. The lowest BCUT2D eigenvalue weighted by Gasteiger charge is -2.26. The van der Waals surface area contributed by atoms with Crippen molar-refractivity contribution < 1.29 is 8.78 Å². The number of hydrogen-bond acceptors (Lipinski definition) is 3. The van der Waals surface area contributed by atoms with Gasteiger partial charge in [0, 0.05) is 45.4 Å². The van der Waals surface area contributed by atoms with Gasteiger partial charge in [0.1, 0.15) is 17.2 Å². The Labute approximate surface area is 110 Å². The van der Waals surface area contributed by atoms with E-state index in [4.69, 9.17) is 0 Å². The zero-order valence-electron chi connectivity index (χ0n) is 10.8. The third kappa shape index (κ3) is 2.33. The Morgan fingerprint density at radius 2 is 2.00 bits per heavy atom. The van der Waals surface area contributed by atoms with Crippen molar-refractivity contribution in [3.05, 3.63) is 29.6 Å². The van der Waals surface area contributed by atoms with E-state index in [0.717, 1.165) is 38.1 Å². The summed E-state index contributed by atoms with van der Waals surface area (Å²) >= 11 is 0. The summed E-state index contributed by atoms with van der Waals surface area (Å²) in [5.74, 6) is -0.380. The van der Waals surface area contributed by atoms with Gasteiger partial charge in [-0.25, -0.2) is 13.8 Å². The van der Waals surface area contributed by atoms with E-state index in [-0.39, 0.29) is 0 Å². The highest BCUT2D eigenvalue weighted by Gasteiger charge is 2.17. The maximum atomic E-state index is 13.8. The van der Waals surface area contributed by atoms with Crippen LogP contribution in [-0.4, -0.2) is 40.6 Å². The first-order chi connectivity index (χ1) is 9.15. The fourth-order valence-corrected chi connectivity index (χ4v) is 2.52. The number of nitrogens with zero attached hydrogens (tertiary/aromatic N) is 3. The van der Waals surface area contributed by atoms with E-state index >= 15 is 0 Å². The first kappa shape index (κ1) is 12.5. The van der Waals surface area contributed by atoms with Crippen LogP contribution in [0.2, 0.25) is 0 Å². The van der Waals surface area contributed by atoms with Crippen LogP contribution in [0.4, 0.5) is 8.78 Å². The standard InChI is InChI=1S/C13H16F2N4/c1-18-12(8-19-4-2-16-3-5-19)17-11-7-9(14)6-10(15)13(11)18/h6-7,16H,2-5,8H2,1H3. The van der Waals surface area contributed by atoms with Crippen molar-refractivity contribution in [2.45, 2.75) is 6.54 Å². The molecule has 3 rings (SSSR count). The predicted octanol–water partition coefficient (Wildman–Crippen LogP) is 1.26. The van der Waals surface area contributed by atoms with Crippen LogP contribution in [0.15, 0.2) is 12.1 Å². The number of aromatic nitrogens is 2. The molecular weight excluding hydrogens is 250 g/mol. The minimum absolute atomic E-state index is 0.367. The van der Waals surface area contributed by atoms with Crippen molar-refractivity contribution in [3.8, 4) is 0 Å². The Bertz CT molecular complexity index is 602. The molecular formula is C13H16F2N4. The van der Waals surface area contributed by atoms with Gasteiger partial charge in [-0.2, -0.15) is 0 Å². The van der Waals surface area contributed by atoms with Crippen LogP contribution < -0.4 is 5.32 Å². The normalized spacial score (nSPS) is 17.2. The number of nitrogens with one attached hydrogen (secondary N) is 1. The summed E-state index contributed by atoms with van der Waals surface area (Å²) in [6.45, 7) is 4.45. The van der Waals surface area contributed by atoms with E-state index in [2.05, 4.69) is 15.2 Å². The molecule has 1 aliphatic rings. The second-order valence-corrected chi connectivity index (χ2v) is 4.87. The third-order valence-corrected chi connectivity index (χ3v) is 3.55. The minimum atomic E-state index is -0.586. The molecule has 1 aliphatic heterocycles. The predicted molar refractivity (Wildman–Crippen MR) is 68.8 cm³/mol. The summed E-state index contributed by atoms with van der Waals surface area (Å²) in [7, 11) is 1.77. The summed E-state index contributed by atoms with van der Waals surface area (Å²) in [5.41, 5.74) is 0.747. The van der Waals surface area contributed by atoms with Crippen molar-refractivity contribution >= 4 is 11.0 Å². The smallest absolute Gasteiger partial charge is 0.152 e. The van der Waals surface area contributed by atoms with E-state index in [9.17, 15) is 8.78 Å². The molecule has 1 aromatic carbocycles.